The highest BCUT2D eigenvalue weighted by Gasteiger charge is 2.38. The van der Waals surface area contributed by atoms with Crippen molar-refractivity contribution in [1.82, 2.24) is 10.8 Å². The van der Waals surface area contributed by atoms with Gasteiger partial charge in [0.15, 0.2) is 0 Å². The van der Waals surface area contributed by atoms with Crippen LogP contribution in [0, 0.1) is 0 Å². The summed E-state index contributed by atoms with van der Waals surface area (Å²) in [4.78, 5) is 34.1. The first-order chi connectivity index (χ1) is 14.4. The molecule has 0 saturated heterocycles. The number of esters is 1. The normalized spacial score (nSPS) is 21.9. The second-order valence-electron chi connectivity index (χ2n) is 7.27. The van der Waals surface area contributed by atoms with Gasteiger partial charge in [0.25, 0.3) is 0 Å². The maximum atomic E-state index is 12.4. The van der Waals surface area contributed by atoms with Gasteiger partial charge in [-0.05, 0) is 32.3 Å². The van der Waals surface area contributed by atoms with Gasteiger partial charge in [0.2, 0.25) is 11.9 Å². The summed E-state index contributed by atoms with van der Waals surface area (Å²) in [5.41, 5.74) is 9.07. The Morgan fingerprint density at radius 2 is 1.97 bits per heavy atom. The fraction of sp³-hybridized carbons (Fsp3) is 0.762. The van der Waals surface area contributed by atoms with E-state index in [0.29, 0.717) is 12.2 Å². The van der Waals surface area contributed by atoms with Crippen molar-refractivity contribution in [2.75, 3.05) is 13.2 Å². The molecule has 0 bridgehead atoms. The maximum Gasteiger partial charge on any atom is 0.333 e. The van der Waals surface area contributed by atoms with Crippen molar-refractivity contribution < 1.29 is 23.9 Å². The summed E-state index contributed by atoms with van der Waals surface area (Å²) in [7, 11) is 0. The molecule has 0 saturated carbocycles. The second kappa shape index (κ2) is 14.0. The molecule has 0 spiro atoms. The number of hydrogen-bond donors (Lipinski definition) is 3. The van der Waals surface area contributed by atoms with E-state index in [0.717, 1.165) is 25.7 Å². The molecule has 0 fully saturated rings. The highest BCUT2D eigenvalue weighted by Crippen LogP contribution is 2.27. The third-order valence-electron chi connectivity index (χ3n) is 4.81. The van der Waals surface area contributed by atoms with Crippen LogP contribution in [-0.4, -0.2) is 55.3 Å². The number of carbonyl (C=O) groups is 2. The first kappa shape index (κ1) is 25.9. The predicted molar refractivity (Wildman–Crippen MR) is 116 cm³/mol. The van der Waals surface area contributed by atoms with Crippen LogP contribution in [0.3, 0.4) is 0 Å². The van der Waals surface area contributed by atoms with E-state index in [1.54, 1.807) is 13.0 Å². The Balaban J connectivity index is 3.15. The lowest BCUT2D eigenvalue weighted by atomic mass is 9.88. The number of hydrogen-bond acceptors (Lipinski definition) is 6. The van der Waals surface area contributed by atoms with Gasteiger partial charge >= 0.3 is 5.97 Å². The summed E-state index contributed by atoms with van der Waals surface area (Å²) in [6.07, 6.45) is 4.97. The summed E-state index contributed by atoms with van der Waals surface area (Å²) in [5, 5.41) is 2.92. The monoisotopic (exact) mass is 426 g/mol. The number of nitrogens with zero attached hydrogens (tertiary/aromatic N) is 1. The van der Waals surface area contributed by atoms with Crippen LogP contribution in [0.4, 0.5) is 0 Å². The third-order valence-corrected chi connectivity index (χ3v) is 4.81. The third kappa shape index (κ3) is 8.71. The molecule has 0 aromatic rings. The molecule has 172 valence electrons. The lowest BCUT2D eigenvalue weighted by Gasteiger charge is -2.36. The van der Waals surface area contributed by atoms with E-state index < -0.39 is 24.2 Å². The summed E-state index contributed by atoms with van der Waals surface area (Å²) in [6.45, 7) is 10.1. The average Bonchev–Trinajstić information content (AvgIpc) is 2.71. The number of nitrogens with two attached hydrogens (primary N) is 1. The van der Waals surface area contributed by atoms with Crippen molar-refractivity contribution in [2.24, 2.45) is 10.7 Å². The lowest BCUT2D eigenvalue weighted by molar-refractivity contribution is -0.139. The molecule has 9 heteroatoms. The van der Waals surface area contributed by atoms with Gasteiger partial charge in [-0.15, -0.1) is 0 Å². The van der Waals surface area contributed by atoms with Crippen LogP contribution in [-0.2, 0) is 23.9 Å². The lowest BCUT2D eigenvalue weighted by Crippen LogP contribution is -2.54. The van der Waals surface area contributed by atoms with Gasteiger partial charge in [0, 0.05) is 18.9 Å². The fourth-order valence-corrected chi connectivity index (χ4v) is 3.23. The number of amides is 1. The Kier molecular flexibility index (Phi) is 12.1. The molecule has 0 aromatic carbocycles. The minimum atomic E-state index is -0.533. The molecule has 0 aromatic heterocycles. The Hall–Kier alpha value is -2.13. The molecule has 3 atom stereocenters. The predicted octanol–water partition coefficient (Wildman–Crippen LogP) is 1.96. The average molecular weight is 427 g/mol. The summed E-state index contributed by atoms with van der Waals surface area (Å²) in [6, 6.07) is -0.989. The molecule has 0 heterocycles. The number of carbonyl (C=O) groups excluding carboxylic acids is 2. The zero-order chi connectivity index (χ0) is 22.5. The van der Waals surface area contributed by atoms with Crippen molar-refractivity contribution in [2.45, 2.75) is 91.0 Å². The number of nitrogens with one attached hydrogen (secondary N) is 2. The standard InChI is InChI=1S/C21H38N4O5/c1-6-10-11-29-25-21(22)24-17-12-15(20(27)28-9-4)13-18(19(17)23-14(5)26)30-16(7-2)8-3/h13,16-19H,6-12H2,1-5H3,(H,23,26)(H3,22,24,25)/t17-,18+,19+/m0/s1. The highest BCUT2D eigenvalue weighted by molar-refractivity contribution is 5.89. The van der Waals surface area contributed by atoms with Crippen LogP contribution in [0.5, 0.6) is 0 Å². The number of unbranched alkanes of at least 4 members (excludes halogenated alkanes) is 1. The maximum absolute atomic E-state index is 12.4. The van der Waals surface area contributed by atoms with Gasteiger partial charge in [-0.25, -0.2) is 15.3 Å². The van der Waals surface area contributed by atoms with Gasteiger partial charge in [0.1, 0.15) is 0 Å². The second-order valence-corrected chi connectivity index (χ2v) is 7.27. The number of aliphatic imine (C=N–C) groups is 1. The molecule has 30 heavy (non-hydrogen) atoms. The zero-order valence-electron chi connectivity index (χ0n) is 18.9. The van der Waals surface area contributed by atoms with E-state index in [1.165, 1.54) is 6.92 Å². The van der Waals surface area contributed by atoms with Crippen molar-refractivity contribution >= 4 is 17.8 Å². The molecule has 1 aliphatic rings. The molecule has 1 rings (SSSR count). The van der Waals surface area contributed by atoms with Crippen LogP contribution < -0.4 is 16.5 Å². The zero-order valence-corrected chi connectivity index (χ0v) is 18.9. The SMILES string of the molecule is CCCCONC(N)=N[C@H]1CC(C(=O)OCC)=C[C@@H](OC(CC)CC)[C@@H]1NC(C)=O. The van der Waals surface area contributed by atoms with Crippen LogP contribution in [0.25, 0.3) is 0 Å². The van der Waals surface area contributed by atoms with E-state index in [2.05, 4.69) is 22.7 Å². The van der Waals surface area contributed by atoms with Crippen LogP contribution in [0.15, 0.2) is 16.6 Å². The highest BCUT2D eigenvalue weighted by atomic mass is 16.6. The molecule has 9 nitrogen and oxygen atoms in total. The first-order valence-electron chi connectivity index (χ1n) is 10.9. The van der Waals surface area contributed by atoms with Crippen LogP contribution in [0.2, 0.25) is 0 Å². The van der Waals surface area contributed by atoms with Gasteiger partial charge in [-0.1, -0.05) is 27.2 Å². The van der Waals surface area contributed by atoms with Crippen LogP contribution in [0.1, 0.15) is 66.7 Å². The Bertz CT molecular complexity index is 604. The van der Waals surface area contributed by atoms with Crippen molar-refractivity contribution in [3.05, 3.63) is 11.6 Å². The van der Waals surface area contributed by atoms with E-state index in [1.807, 2.05) is 13.8 Å². The summed E-state index contributed by atoms with van der Waals surface area (Å²) in [5.74, 6) is -0.544. The fourth-order valence-electron chi connectivity index (χ4n) is 3.23. The van der Waals surface area contributed by atoms with Gasteiger partial charge in [0.05, 0.1) is 37.5 Å². The minimum absolute atomic E-state index is 0.0125. The number of hydroxylamine groups is 1. The minimum Gasteiger partial charge on any atom is -0.463 e. The van der Waals surface area contributed by atoms with Gasteiger partial charge in [-0.3, -0.25) is 9.63 Å². The van der Waals surface area contributed by atoms with E-state index in [9.17, 15) is 9.59 Å². The largest absolute Gasteiger partial charge is 0.463 e. The first-order valence-corrected chi connectivity index (χ1v) is 10.9. The van der Waals surface area contributed by atoms with E-state index in [-0.39, 0.29) is 31.0 Å². The van der Waals surface area contributed by atoms with Gasteiger partial charge in [-0.2, -0.15) is 0 Å². The Morgan fingerprint density at radius 1 is 1.27 bits per heavy atom. The molecule has 0 aliphatic heterocycles. The van der Waals surface area contributed by atoms with Crippen molar-refractivity contribution in [3.63, 3.8) is 0 Å². The molecular formula is C21H38N4O5. The van der Waals surface area contributed by atoms with Crippen molar-refractivity contribution in [3.8, 4) is 0 Å². The Labute approximate surface area is 179 Å². The summed E-state index contributed by atoms with van der Waals surface area (Å²) < 4.78 is 11.4. The quantitative estimate of drug-likeness (QED) is 0.143. The molecular weight excluding hydrogens is 388 g/mol. The van der Waals surface area contributed by atoms with Crippen LogP contribution >= 0.6 is 0 Å². The van der Waals surface area contributed by atoms with Gasteiger partial charge < -0.3 is 20.5 Å². The number of guanidine groups is 1. The topological polar surface area (TPSA) is 124 Å². The molecule has 1 aliphatic carbocycles. The number of rotatable bonds is 12. The number of ether oxygens (including phenoxy) is 2. The smallest absolute Gasteiger partial charge is 0.333 e. The van der Waals surface area contributed by atoms with Crippen molar-refractivity contribution in [1.29, 1.82) is 0 Å². The van der Waals surface area contributed by atoms with E-state index >= 15 is 0 Å². The molecule has 1 amide bonds. The Morgan fingerprint density at radius 3 is 2.53 bits per heavy atom. The van der Waals surface area contributed by atoms with E-state index in [4.69, 9.17) is 20.0 Å². The molecule has 0 radical (unpaired) electrons. The molecule has 4 N–H and O–H groups in total. The summed E-state index contributed by atoms with van der Waals surface area (Å²) >= 11 is 0. The molecule has 0 unspecified atom stereocenters.